The molecule has 4 heteroatoms. The van der Waals surface area contributed by atoms with Crippen molar-refractivity contribution in [1.82, 2.24) is 0 Å². The molecular formula is C22H24O4. The first-order valence-corrected chi connectivity index (χ1v) is 8.65. The summed E-state index contributed by atoms with van der Waals surface area (Å²) in [5.41, 5.74) is 4.30. The molecule has 1 aliphatic rings. The summed E-state index contributed by atoms with van der Waals surface area (Å²) >= 11 is 0. The van der Waals surface area contributed by atoms with Gasteiger partial charge in [0.1, 0.15) is 0 Å². The fraction of sp³-hybridized carbons (Fsp3) is 0.364. The highest BCUT2D eigenvalue weighted by Gasteiger charge is 2.46. The van der Waals surface area contributed by atoms with Gasteiger partial charge in [-0.3, -0.25) is 0 Å². The number of carbonyl (C=O) groups is 2. The molecule has 0 fully saturated rings. The Hall–Kier alpha value is -2.62. The molecule has 0 radical (unpaired) electrons. The molecule has 0 aromatic heterocycles. The monoisotopic (exact) mass is 352 g/mol. The number of hydrogen-bond acceptors (Lipinski definition) is 4. The summed E-state index contributed by atoms with van der Waals surface area (Å²) in [5.74, 6) is -0.678. The molecule has 3 rings (SSSR count). The minimum atomic E-state index is -0.346. The number of hydrogen-bond donors (Lipinski definition) is 0. The average Bonchev–Trinajstić information content (AvgIpc) is 2.86. The first-order chi connectivity index (χ1) is 12.2. The summed E-state index contributed by atoms with van der Waals surface area (Å²) in [7, 11) is 2.77. The smallest absolute Gasteiger partial charge is 0.337 e. The van der Waals surface area contributed by atoms with E-state index in [1.807, 2.05) is 30.3 Å². The Balaban J connectivity index is 2.11. The van der Waals surface area contributed by atoms with Crippen LogP contribution >= 0.6 is 0 Å². The number of ether oxygens (including phenoxy) is 2. The lowest BCUT2D eigenvalue weighted by Crippen LogP contribution is -2.23. The number of esters is 2. The van der Waals surface area contributed by atoms with Crippen LogP contribution in [0.25, 0.3) is 0 Å². The van der Waals surface area contributed by atoms with E-state index in [9.17, 15) is 9.59 Å². The fourth-order valence-electron chi connectivity index (χ4n) is 4.26. The molecule has 1 atom stereocenters. The number of methoxy groups -OCH3 is 2. The summed E-state index contributed by atoms with van der Waals surface area (Å²) in [5, 5.41) is 0. The van der Waals surface area contributed by atoms with Crippen molar-refractivity contribution in [3.05, 3.63) is 70.3 Å². The molecule has 4 nitrogen and oxygen atoms in total. The van der Waals surface area contributed by atoms with Crippen molar-refractivity contribution in [3.63, 3.8) is 0 Å². The van der Waals surface area contributed by atoms with Crippen LogP contribution in [0.15, 0.2) is 42.5 Å². The van der Waals surface area contributed by atoms with Crippen LogP contribution in [0.5, 0.6) is 0 Å². The third-order valence-corrected chi connectivity index (χ3v) is 5.50. The van der Waals surface area contributed by atoms with E-state index in [4.69, 9.17) is 9.47 Å². The molecule has 0 saturated heterocycles. The second-order valence-electron chi connectivity index (χ2n) is 7.71. The van der Waals surface area contributed by atoms with Gasteiger partial charge in [0.05, 0.1) is 25.3 Å². The van der Waals surface area contributed by atoms with Gasteiger partial charge in [-0.2, -0.15) is 0 Å². The lowest BCUT2D eigenvalue weighted by molar-refractivity contribution is 0.0591. The van der Waals surface area contributed by atoms with E-state index < -0.39 is 0 Å². The number of benzene rings is 2. The zero-order chi connectivity index (χ0) is 19.1. The largest absolute Gasteiger partial charge is 0.465 e. The van der Waals surface area contributed by atoms with Crippen LogP contribution in [0.4, 0.5) is 0 Å². The van der Waals surface area contributed by atoms with E-state index in [0.29, 0.717) is 11.1 Å². The average molecular weight is 352 g/mol. The minimum Gasteiger partial charge on any atom is -0.465 e. The lowest BCUT2D eigenvalue weighted by Gasteiger charge is -2.28. The summed E-state index contributed by atoms with van der Waals surface area (Å²) in [4.78, 5) is 23.7. The quantitative estimate of drug-likeness (QED) is 0.775. The molecule has 2 aromatic rings. The van der Waals surface area contributed by atoms with E-state index >= 15 is 0 Å². The van der Waals surface area contributed by atoms with Crippen molar-refractivity contribution < 1.29 is 19.1 Å². The van der Waals surface area contributed by atoms with Gasteiger partial charge in [0.25, 0.3) is 0 Å². The third kappa shape index (κ3) is 2.79. The molecule has 136 valence electrons. The normalized spacial score (nSPS) is 20.3. The Morgan fingerprint density at radius 2 is 1.35 bits per heavy atom. The second-order valence-corrected chi connectivity index (χ2v) is 7.71. The second kappa shape index (κ2) is 6.27. The summed E-state index contributed by atoms with van der Waals surface area (Å²) in [6, 6.07) is 13.4. The van der Waals surface area contributed by atoms with Crippen molar-refractivity contribution >= 4 is 11.9 Å². The Morgan fingerprint density at radius 1 is 0.808 bits per heavy atom. The molecule has 0 spiro atoms. The zero-order valence-electron chi connectivity index (χ0n) is 15.9. The van der Waals surface area contributed by atoms with Gasteiger partial charge < -0.3 is 9.47 Å². The van der Waals surface area contributed by atoms with E-state index in [2.05, 4.69) is 20.8 Å². The fourth-order valence-corrected chi connectivity index (χ4v) is 4.26. The Morgan fingerprint density at radius 3 is 1.92 bits per heavy atom. The predicted molar refractivity (Wildman–Crippen MR) is 99.7 cm³/mol. The van der Waals surface area contributed by atoms with Gasteiger partial charge in [0.15, 0.2) is 0 Å². The van der Waals surface area contributed by atoms with Crippen molar-refractivity contribution in [1.29, 1.82) is 0 Å². The number of fused-ring (bicyclic) bond motifs is 1. The van der Waals surface area contributed by atoms with Gasteiger partial charge in [0.2, 0.25) is 0 Å². The molecule has 0 saturated carbocycles. The Labute approximate surface area is 154 Å². The highest BCUT2D eigenvalue weighted by molar-refractivity contribution is 5.90. The number of carbonyl (C=O) groups excluding carboxylic acids is 2. The van der Waals surface area contributed by atoms with Gasteiger partial charge in [-0.25, -0.2) is 9.59 Å². The van der Waals surface area contributed by atoms with E-state index in [-0.39, 0.29) is 22.8 Å². The Kier molecular flexibility index (Phi) is 4.39. The van der Waals surface area contributed by atoms with Crippen molar-refractivity contribution in [2.24, 2.45) is 0 Å². The van der Waals surface area contributed by atoms with Crippen LogP contribution in [0.1, 0.15) is 64.6 Å². The van der Waals surface area contributed by atoms with Crippen molar-refractivity contribution in [2.45, 2.75) is 38.0 Å². The predicted octanol–water partition coefficient (Wildman–Crippen LogP) is 4.25. The summed E-state index contributed by atoms with van der Waals surface area (Å²) in [6.45, 7) is 6.63. The molecule has 0 heterocycles. The van der Waals surface area contributed by atoms with Gasteiger partial charge >= 0.3 is 11.9 Å². The molecule has 0 aliphatic heterocycles. The molecule has 26 heavy (non-hydrogen) atoms. The van der Waals surface area contributed by atoms with Crippen LogP contribution in [0, 0.1) is 0 Å². The highest BCUT2D eigenvalue weighted by Crippen LogP contribution is 2.52. The van der Waals surface area contributed by atoms with Gasteiger partial charge in [0, 0.05) is 5.41 Å². The number of rotatable bonds is 3. The standard InChI is InChI=1S/C22H24O4/c1-21(2)13-22(3,16-9-6-14(7-10-16)19(23)25-4)18-12-15(20(24)26-5)8-11-17(18)21/h6-12H,13H2,1-5H3. The molecule has 0 N–H and O–H groups in total. The maximum Gasteiger partial charge on any atom is 0.337 e. The third-order valence-electron chi connectivity index (χ3n) is 5.50. The maximum absolute atomic E-state index is 12.0. The topological polar surface area (TPSA) is 52.6 Å². The first-order valence-electron chi connectivity index (χ1n) is 8.65. The Bertz CT molecular complexity index is 864. The maximum atomic E-state index is 12.0. The van der Waals surface area contributed by atoms with Crippen LogP contribution in [0.2, 0.25) is 0 Å². The molecule has 0 bridgehead atoms. The van der Waals surface area contributed by atoms with Crippen LogP contribution in [0.3, 0.4) is 0 Å². The van der Waals surface area contributed by atoms with Crippen molar-refractivity contribution in [2.75, 3.05) is 14.2 Å². The van der Waals surface area contributed by atoms with E-state index in [1.165, 1.54) is 19.8 Å². The molecule has 1 aliphatic carbocycles. The van der Waals surface area contributed by atoms with E-state index in [1.54, 1.807) is 12.1 Å². The molecule has 2 aromatic carbocycles. The SMILES string of the molecule is COC(=O)c1ccc(C2(C)CC(C)(C)c3ccc(C(=O)OC)cc32)cc1. The minimum absolute atomic E-state index is 0.0141. The molecular weight excluding hydrogens is 328 g/mol. The zero-order valence-corrected chi connectivity index (χ0v) is 15.9. The molecule has 0 amide bonds. The van der Waals surface area contributed by atoms with Crippen LogP contribution in [-0.4, -0.2) is 26.2 Å². The van der Waals surface area contributed by atoms with Crippen LogP contribution < -0.4 is 0 Å². The van der Waals surface area contributed by atoms with Crippen molar-refractivity contribution in [3.8, 4) is 0 Å². The summed E-state index contributed by atoms with van der Waals surface area (Å²) < 4.78 is 9.67. The van der Waals surface area contributed by atoms with Gasteiger partial charge in [-0.1, -0.05) is 39.0 Å². The van der Waals surface area contributed by atoms with Gasteiger partial charge in [-0.05, 0) is 52.8 Å². The highest BCUT2D eigenvalue weighted by atomic mass is 16.5. The van der Waals surface area contributed by atoms with E-state index in [0.717, 1.165) is 17.5 Å². The molecule has 1 unspecified atom stereocenters. The summed E-state index contributed by atoms with van der Waals surface area (Å²) in [6.07, 6.45) is 0.914. The lowest BCUT2D eigenvalue weighted by atomic mass is 9.75. The van der Waals surface area contributed by atoms with Crippen LogP contribution in [-0.2, 0) is 20.3 Å². The van der Waals surface area contributed by atoms with Gasteiger partial charge in [-0.15, -0.1) is 0 Å². The first kappa shape index (κ1) is 18.2.